The molecular formula is C56H41BN2. The van der Waals surface area contributed by atoms with Crippen LogP contribution in [0.4, 0.5) is 0 Å². The van der Waals surface area contributed by atoms with E-state index in [1.807, 2.05) is 0 Å². The minimum Gasteiger partial charge on any atom is -0.310 e. The van der Waals surface area contributed by atoms with Crippen LogP contribution in [-0.4, -0.2) is 15.8 Å². The Balaban J connectivity index is 1.39. The second-order valence-electron chi connectivity index (χ2n) is 19.2. The van der Waals surface area contributed by atoms with Gasteiger partial charge in [0.2, 0.25) is 0 Å². The molecule has 4 heterocycles. The van der Waals surface area contributed by atoms with Gasteiger partial charge in [-0.1, -0.05) is 116 Å². The van der Waals surface area contributed by atoms with Crippen LogP contribution in [-0.2, 0) is 5.41 Å². The molecule has 0 unspecified atom stereocenters. The van der Waals surface area contributed by atoms with E-state index in [0.29, 0.717) is 0 Å². The summed E-state index contributed by atoms with van der Waals surface area (Å²) in [5.74, 6) is 0. The maximum atomic E-state index is 2.71. The van der Waals surface area contributed by atoms with Gasteiger partial charge in [-0.25, -0.2) is 0 Å². The first-order valence-electron chi connectivity index (χ1n) is 21.3. The van der Waals surface area contributed by atoms with Crippen molar-refractivity contribution >= 4 is 121 Å². The molecular weight excluding hydrogens is 711 g/mol. The lowest BCUT2D eigenvalue weighted by molar-refractivity contribution is 0.592. The second-order valence-corrected chi connectivity index (χ2v) is 19.2. The Kier molecular flexibility index (Phi) is 5.68. The molecule has 0 saturated heterocycles. The quantitative estimate of drug-likeness (QED) is 0.0829. The van der Waals surface area contributed by atoms with Crippen molar-refractivity contribution in [2.45, 2.75) is 53.9 Å². The predicted octanol–water partition coefficient (Wildman–Crippen LogP) is 12.8. The molecule has 3 heteroatoms. The topological polar surface area (TPSA) is 9.86 Å². The molecule has 0 aliphatic carbocycles. The number of nitrogens with zero attached hydrogens (tertiary/aromatic N) is 2. The van der Waals surface area contributed by atoms with Gasteiger partial charge in [-0.15, -0.1) is 0 Å². The van der Waals surface area contributed by atoms with Crippen molar-refractivity contribution in [3.63, 3.8) is 0 Å². The van der Waals surface area contributed by atoms with Crippen molar-refractivity contribution in [3.05, 3.63) is 149 Å². The van der Waals surface area contributed by atoms with Crippen molar-refractivity contribution in [3.8, 4) is 11.4 Å². The molecule has 0 atom stereocenters. The van der Waals surface area contributed by atoms with Crippen LogP contribution in [0.15, 0.2) is 121 Å². The zero-order chi connectivity index (χ0) is 39.5. The smallest absolute Gasteiger partial charge is 0.252 e. The van der Waals surface area contributed by atoms with Gasteiger partial charge in [-0.05, 0) is 141 Å². The van der Waals surface area contributed by atoms with Gasteiger partial charge in [0.1, 0.15) is 0 Å². The van der Waals surface area contributed by atoms with E-state index in [9.17, 15) is 0 Å². The van der Waals surface area contributed by atoms with Crippen LogP contribution in [0.5, 0.6) is 0 Å². The SMILES string of the molecule is Cc1ccc2c(c1)c1cc(C)cc3c1n2-c1c2c(c4c5ccccc5c5cc(C(C)(C)C)cc6c7ccccc7c1c4c65)-n1c4ccc(C)cc4c4cc(C)cc(c41)B23. The van der Waals surface area contributed by atoms with Gasteiger partial charge in [-0.2, -0.15) is 0 Å². The Bertz CT molecular complexity index is 3730. The third kappa shape index (κ3) is 3.73. The highest BCUT2D eigenvalue weighted by Crippen LogP contribution is 2.52. The van der Waals surface area contributed by atoms with Gasteiger partial charge >= 0.3 is 0 Å². The molecule has 14 rings (SSSR count). The molecule has 2 nitrogen and oxygen atoms in total. The third-order valence-electron chi connectivity index (χ3n) is 14.5. The number of fused-ring (bicyclic) bond motifs is 18. The summed E-state index contributed by atoms with van der Waals surface area (Å²) in [4.78, 5) is 0. The summed E-state index contributed by atoms with van der Waals surface area (Å²) < 4.78 is 5.42. The molecule has 0 spiro atoms. The lowest BCUT2D eigenvalue weighted by Crippen LogP contribution is -2.59. The molecule has 59 heavy (non-hydrogen) atoms. The first kappa shape index (κ1) is 32.4. The Morgan fingerprint density at radius 2 is 0.831 bits per heavy atom. The zero-order valence-corrected chi connectivity index (χ0v) is 34.5. The summed E-state index contributed by atoms with van der Waals surface area (Å²) >= 11 is 0. The zero-order valence-electron chi connectivity index (χ0n) is 34.5. The van der Waals surface area contributed by atoms with Gasteiger partial charge in [-0.3, -0.25) is 0 Å². The molecule has 0 bridgehead atoms. The molecule has 0 N–H and O–H groups in total. The van der Waals surface area contributed by atoms with Crippen molar-refractivity contribution in [2.75, 3.05) is 0 Å². The van der Waals surface area contributed by atoms with Gasteiger partial charge in [0.15, 0.2) is 0 Å². The van der Waals surface area contributed by atoms with Crippen molar-refractivity contribution in [1.82, 2.24) is 9.13 Å². The summed E-state index contributed by atoms with van der Waals surface area (Å²) in [6, 6.07) is 47.9. The summed E-state index contributed by atoms with van der Waals surface area (Å²) in [5, 5.41) is 18.9. The minimum absolute atomic E-state index is 0.0176. The maximum absolute atomic E-state index is 2.71. The fourth-order valence-corrected chi connectivity index (χ4v) is 12.2. The molecule has 0 fully saturated rings. The predicted molar refractivity (Wildman–Crippen MR) is 256 cm³/mol. The molecule has 278 valence electrons. The molecule has 2 aliphatic heterocycles. The normalized spacial score (nSPS) is 13.6. The van der Waals surface area contributed by atoms with E-state index in [1.54, 1.807) is 0 Å². The van der Waals surface area contributed by atoms with Crippen LogP contribution >= 0.6 is 0 Å². The molecule has 2 aliphatic rings. The van der Waals surface area contributed by atoms with E-state index < -0.39 is 0 Å². The summed E-state index contributed by atoms with van der Waals surface area (Å²) in [6.07, 6.45) is 0. The summed E-state index contributed by atoms with van der Waals surface area (Å²) in [7, 11) is 0. The number of benzene rings is 10. The van der Waals surface area contributed by atoms with E-state index >= 15 is 0 Å². The van der Waals surface area contributed by atoms with Crippen LogP contribution in [0.3, 0.4) is 0 Å². The van der Waals surface area contributed by atoms with Gasteiger partial charge in [0, 0.05) is 48.7 Å². The van der Waals surface area contributed by atoms with Gasteiger partial charge < -0.3 is 9.13 Å². The maximum Gasteiger partial charge on any atom is 0.252 e. The number of aryl methyl sites for hydroxylation is 4. The largest absolute Gasteiger partial charge is 0.310 e. The average molecular weight is 753 g/mol. The van der Waals surface area contributed by atoms with E-state index in [0.717, 1.165) is 0 Å². The fourth-order valence-electron chi connectivity index (χ4n) is 12.2. The first-order valence-corrected chi connectivity index (χ1v) is 21.3. The Labute approximate surface area is 342 Å². The Morgan fingerprint density at radius 1 is 0.390 bits per heavy atom. The minimum atomic E-state index is -0.0176. The number of rotatable bonds is 0. The molecule has 2 aromatic heterocycles. The van der Waals surface area contributed by atoms with E-state index in [1.165, 1.54) is 153 Å². The lowest BCUT2D eigenvalue weighted by atomic mass is 9.33. The molecule has 0 radical (unpaired) electrons. The van der Waals surface area contributed by atoms with Crippen LogP contribution < -0.4 is 16.4 Å². The van der Waals surface area contributed by atoms with Crippen LogP contribution in [0.25, 0.3) is 109 Å². The lowest BCUT2D eigenvalue weighted by Gasteiger charge is -2.37. The highest BCUT2D eigenvalue weighted by molar-refractivity contribution is 7.01. The summed E-state index contributed by atoms with van der Waals surface area (Å²) in [5.41, 5.74) is 18.8. The fraction of sp³-hybridized carbons (Fsp3) is 0.143. The van der Waals surface area contributed by atoms with Crippen molar-refractivity contribution < 1.29 is 0 Å². The highest BCUT2D eigenvalue weighted by Gasteiger charge is 2.44. The van der Waals surface area contributed by atoms with Gasteiger partial charge in [0.05, 0.1) is 22.4 Å². The van der Waals surface area contributed by atoms with Crippen LogP contribution in [0.1, 0.15) is 48.6 Å². The number of hydrogen-bond donors (Lipinski definition) is 0. The second kappa shape index (κ2) is 10.3. The summed E-state index contributed by atoms with van der Waals surface area (Å²) in [6.45, 7) is 16.2. The molecule has 12 aromatic rings. The Morgan fingerprint density at radius 3 is 1.29 bits per heavy atom. The Hall–Kier alpha value is -6.58. The highest BCUT2D eigenvalue weighted by atomic mass is 15.0. The number of aromatic nitrogens is 2. The van der Waals surface area contributed by atoms with Crippen molar-refractivity contribution in [1.29, 1.82) is 0 Å². The standard InChI is InChI=1S/C56H41BN2/c1-28-16-18-45-37(20-28)41-22-30(3)24-43-52(41)58(45)54-48-35-14-10-8-12-33(35)39-26-32(56(5,6)7)27-40-34-13-9-11-15-36(34)49(50(48)47(39)40)55-51(54)57(43)44-25-31(4)23-42-38-21-29(2)17-19-46(38)59(55)53(42)44/h8-27H,1-7H3. The monoisotopic (exact) mass is 752 g/mol. The van der Waals surface area contributed by atoms with Gasteiger partial charge in [0.25, 0.3) is 6.71 Å². The van der Waals surface area contributed by atoms with Crippen LogP contribution in [0, 0.1) is 27.7 Å². The van der Waals surface area contributed by atoms with E-state index in [4.69, 9.17) is 0 Å². The first-order chi connectivity index (χ1) is 28.6. The van der Waals surface area contributed by atoms with E-state index in [2.05, 4.69) is 179 Å². The molecule has 0 amide bonds. The molecule has 0 saturated carbocycles. The molecule has 10 aromatic carbocycles. The van der Waals surface area contributed by atoms with Crippen LogP contribution in [0.2, 0.25) is 0 Å². The van der Waals surface area contributed by atoms with Crippen molar-refractivity contribution in [2.24, 2.45) is 0 Å². The average Bonchev–Trinajstić information content (AvgIpc) is 3.71. The third-order valence-corrected chi connectivity index (χ3v) is 14.5. The van der Waals surface area contributed by atoms with E-state index in [-0.39, 0.29) is 12.1 Å². The number of hydrogen-bond acceptors (Lipinski definition) is 0.